The number of rotatable bonds is 6. The first-order valence-electron chi connectivity index (χ1n) is 8.55. The molecule has 2 aromatic rings. The third-order valence-electron chi connectivity index (χ3n) is 3.39. The zero-order valence-electron chi connectivity index (χ0n) is 15.2. The van der Waals surface area contributed by atoms with Gasteiger partial charge in [-0.25, -0.2) is 4.79 Å². The molecule has 8 heteroatoms. The molecule has 0 aromatic heterocycles. The van der Waals surface area contributed by atoms with E-state index < -0.39 is 6.03 Å². The molecule has 3 N–H and O–H groups in total. The summed E-state index contributed by atoms with van der Waals surface area (Å²) in [6.07, 6.45) is 0. The van der Waals surface area contributed by atoms with Gasteiger partial charge in [-0.2, -0.15) is 0 Å². The van der Waals surface area contributed by atoms with E-state index in [2.05, 4.69) is 20.9 Å². The monoisotopic (exact) mass is 408 g/mol. The maximum absolute atomic E-state index is 12.2. The Balaban J connectivity index is 2.03. The number of carbonyl (C=O) groups excluding carboxylic acids is 1. The quantitative estimate of drug-likeness (QED) is 0.479. The van der Waals surface area contributed by atoms with Crippen LogP contribution in [0.3, 0.4) is 0 Å². The highest BCUT2D eigenvalue weighted by Crippen LogP contribution is 2.35. The summed E-state index contributed by atoms with van der Waals surface area (Å²) in [4.78, 5) is 16.3. The minimum Gasteiger partial charge on any atom is -0.489 e. The van der Waals surface area contributed by atoms with Gasteiger partial charge in [0.1, 0.15) is 12.4 Å². The normalized spacial score (nSPS) is 11.0. The predicted octanol–water partition coefficient (Wildman–Crippen LogP) is 4.68. The van der Waals surface area contributed by atoms with E-state index in [9.17, 15) is 4.79 Å². The molecule has 0 fully saturated rings. The molecular weight excluding hydrogens is 387 g/mol. The average molecular weight is 409 g/mol. The molecule has 0 saturated carbocycles. The Hall–Kier alpha value is -2.44. The Morgan fingerprint density at radius 1 is 1.11 bits per heavy atom. The summed E-state index contributed by atoms with van der Waals surface area (Å²) >= 11 is 12.5. The Morgan fingerprint density at radius 2 is 1.78 bits per heavy atom. The van der Waals surface area contributed by atoms with E-state index in [4.69, 9.17) is 27.9 Å². The van der Waals surface area contributed by atoms with E-state index in [1.165, 1.54) is 0 Å². The number of ether oxygens (including phenoxy) is 1. The second kappa shape index (κ2) is 10.6. The van der Waals surface area contributed by atoms with Crippen LogP contribution in [0.4, 0.5) is 10.5 Å². The van der Waals surface area contributed by atoms with Crippen molar-refractivity contribution < 1.29 is 9.53 Å². The summed E-state index contributed by atoms with van der Waals surface area (Å²) in [5.74, 6) is 0.897. The zero-order chi connectivity index (χ0) is 19.6. The van der Waals surface area contributed by atoms with Gasteiger partial charge in [-0.1, -0.05) is 53.5 Å². The van der Waals surface area contributed by atoms with Gasteiger partial charge in [-0.3, -0.25) is 10.3 Å². The summed E-state index contributed by atoms with van der Waals surface area (Å²) < 4.78 is 5.72. The summed E-state index contributed by atoms with van der Waals surface area (Å²) in [5.41, 5.74) is 1.33. The van der Waals surface area contributed by atoms with Crippen molar-refractivity contribution in [3.63, 3.8) is 0 Å². The molecule has 0 spiro atoms. The number of carbonyl (C=O) groups is 1. The van der Waals surface area contributed by atoms with E-state index in [0.717, 1.165) is 5.56 Å². The van der Waals surface area contributed by atoms with E-state index in [0.29, 0.717) is 37.1 Å². The minimum absolute atomic E-state index is 0.276. The predicted molar refractivity (Wildman–Crippen MR) is 111 cm³/mol. The van der Waals surface area contributed by atoms with Gasteiger partial charge in [0.15, 0.2) is 5.96 Å². The number of aliphatic imine (C=N–C) groups is 1. The molecule has 2 aromatic carbocycles. The van der Waals surface area contributed by atoms with Gasteiger partial charge in [0, 0.05) is 25.2 Å². The summed E-state index contributed by atoms with van der Waals surface area (Å²) in [5, 5.41) is 8.77. The van der Waals surface area contributed by atoms with Crippen molar-refractivity contribution in [1.82, 2.24) is 10.6 Å². The van der Waals surface area contributed by atoms with Crippen LogP contribution in [0.5, 0.6) is 5.75 Å². The summed E-state index contributed by atoms with van der Waals surface area (Å²) in [6.45, 7) is 5.34. The highest BCUT2D eigenvalue weighted by molar-refractivity contribution is 6.40. The number of hydrogen-bond acceptors (Lipinski definition) is 3. The van der Waals surface area contributed by atoms with Crippen molar-refractivity contribution in [2.24, 2.45) is 4.99 Å². The maximum atomic E-state index is 12.2. The number of nitrogens with one attached hydrogen (secondary N) is 3. The first-order chi connectivity index (χ1) is 13.0. The molecule has 0 saturated heterocycles. The van der Waals surface area contributed by atoms with Crippen molar-refractivity contribution in [1.29, 1.82) is 0 Å². The third kappa shape index (κ3) is 6.66. The molecule has 144 valence electrons. The molecule has 0 aliphatic carbocycles. The van der Waals surface area contributed by atoms with Crippen LogP contribution in [-0.2, 0) is 6.61 Å². The lowest BCUT2D eigenvalue weighted by Gasteiger charge is -2.14. The van der Waals surface area contributed by atoms with Crippen LogP contribution >= 0.6 is 23.2 Å². The highest BCUT2D eigenvalue weighted by atomic mass is 35.5. The van der Waals surface area contributed by atoms with Crippen molar-refractivity contribution in [2.75, 3.05) is 18.4 Å². The molecule has 0 unspecified atom stereocenters. The second-order valence-corrected chi connectivity index (χ2v) is 6.28. The lowest BCUT2D eigenvalue weighted by atomic mass is 10.2. The van der Waals surface area contributed by atoms with Crippen LogP contribution in [0.15, 0.2) is 47.5 Å². The van der Waals surface area contributed by atoms with Crippen molar-refractivity contribution >= 4 is 40.9 Å². The molecule has 0 radical (unpaired) electrons. The Morgan fingerprint density at radius 3 is 2.37 bits per heavy atom. The van der Waals surface area contributed by atoms with Crippen LogP contribution in [-0.4, -0.2) is 25.1 Å². The molecule has 0 bridgehead atoms. The SMILES string of the molecule is CCN=C(NCC)NC(=O)Nc1c(Cl)cc(OCc2ccccc2)cc1Cl. The smallest absolute Gasteiger partial charge is 0.326 e. The largest absolute Gasteiger partial charge is 0.489 e. The fourth-order valence-corrected chi connectivity index (χ4v) is 2.77. The summed E-state index contributed by atoms with van der Waals surface area (Å²) in [6, 6.07) is 12.5. The number of nitrogens with zero attached hydrogens (tertiary/aromatic N) is 1. The zero-order valence-corrected chi connectivity index (χ0v) is 16.7. The van der Waals surface area contributed by atoms with Crippen LogP contribution < -0.4 is 20.7 Å². The topological polar surface area (TPSA) is 74.8 Å². The van der Waals surface area contributed by atoms with Crippen molar-refractivity contribution in [3.05, 3.63) is 58.1 Å². The molecule has 2 rings (SSSR count). The molecule has 0 aliphatic rings. The van der Waals surface area contributed by atoms with E-state index in [1.807, 2.05) is 44.2 Å². The van der Waals surface area contributed by atoms with Crippen LogP contribution in [0.25, 0.3) is 0 Å². The first kappa shape index (κ1) is 20.9. The van der Waals surface area contributed by atoms with Crippen LogP contribution in [0.1, 0.15) is 19.4 Å². The van der Waals surface area contributed by atoms with Gasteiger partial charge < -0.3 is 15.4 Å². The van der Waals surface area contributed by atoms with Crippen molar-refractivity contribution in [3.8, 4) is 5.75 Å². The minimum atomic E-state index is -0.495. The molecule has 0 atom stereocenters. The lowest BCUT2D eigenvalue weighted by Crippen LogP contribution is -2.43. The van der Waals surface area contributed by atoms with Gasteiger partial charge in [0.2, 0.25) is 0 Å². The van der Waals surface area contributed by atoms with Gasteiger partial charge >= 0.3 is 6.03 Å². The van der Waals surface area contributed by atoms with Gasteiger partial charge in [0.05, 0.1) is 15.7 Å². The molecular formula is C19H22Cl2N4O2. The highest BCUT2D eigenvalue weighted by Gasteiger charge is 2.13. The Bertz CT molecular complexity index is 775. The Kier molecular flexibility index (Phi) is 8.23. The lowest BCUT2D eigenvalue weighted by molar-refractivity contribution is 0.256. The van der Waals surface area contributed by atoms with E-state index in [-0.39, 0.29) is 10.0 Å². The fraction of sp³-hybridized carbons (Fsp3) is 0.263. The van der Waals surface area contributed by atoms with E-state index in [1.54, 1.807) is 12.1 Å². The first-order valence-corrected chi connectivity index (χ1v) is 9.31. The van der Waals surface area contributed by atoms with E-state index >= 15 is 0 Å². The van der Waals surface area contributed by atoms with Gasteiger partial charge in [-0.15, -0.1) is 0 Å². The standard InChI is InChI=1S/C19H22Cl2N4O2/c1-3-22-18(23-4-2)25-19(26)24-17-15(20)10-14(11-16(17)21)27-12-13-8-6-5-7-9-13/h5-11H,3-4,12H2,1-2H3,(H3,22,23,24,25,26). The number of benzene rings is 2. The van der Waals surface area contributed by atoms with Gasteiger partial charge in [-0.05, 0) is 19.4 Å². The molecule has 27 heavy (non-hydrogen) atoms. The number of guanidine groups is 1. The third-order valence-corrected chi connectivity index (χ3v) is 3.99. The number of urea groups is 1. The average Bonchev–Trinajstić information content (AvgIpc) is 2.64. The fourth-order valence-electron chi connectivity index (χ4n) is 2.21. The Labute approximate surface area is 168 Å². The second-order valence-electron chi connectivity index (χ2n) is 5.47. The number of anilines is 1. The summed E-state index contributed by atoms with van der Waals surface area (Å²) in [7, 11) is 0. The molecule has 0 aliphatic heterocycles. The molecule has 2 amide bonds. The number of amides is 2. The number of halogens is 2. The van der Waals surface area contributed by atoms with Crippen LogP contribution in [0.2, 0.25) is 10.0 Å². The molecule has 0 heterocycles. The van der Waals surface area contributed by atoms with Crippen molar-refractivity contribution in [2.45, 2.75) is 20.5 Å². The maximum Gasteiger partial charge on any atom is 0.326 e. The molecule has 6 nitrogen and oxygen atoms in total. The van der Waals surface area contributed by atoms with Crippen LogP contribution in [0, 0.1) is 0 Å². The van der Waals surface area contributed by atoms with Gasteiger partial charge in [0.25, 0.3) is 0 Å². The number of hydrogen-bond donors (Lipinski definition) is 3.